The number of carbonyl (C=O) groups excluding carboxylic acids is 1. The molecule has 1 amide bonds. The molecule has 1 heterocycles. The third-order valence-electron chi connectivity index (χ3n) is 2.00. The molecule has 0 aliphatic carbocycles. The Morgan fingerprint density at radius 3 is 2.79 bits per heavy atom. The Morgan fingerprint density at radius 1 is 1.71 bits per heavy atom. The summed E-state index contributed by atoms with van der Waals surface area (Å²) in [6.07, 6.45) is 0.458. The average Bonchev–Trinajstić information content (AvgIpc) is 2.35. The normalized spacial score (nSPS) is 22.4. The Hall–Kier alpha value is -1.13. The Balaban J connectivity index is 2.63. The zero-order valence-corrected chi connectivity index (χ0v) is 8.54. The molecule has 6 nitrogen and oxygen atoms in total. The van der Waals surface area contributed by atoms with Crippen LogP contribution in [0.3, 0.4) is 0 Å². The van der Waals surface area contributed by atoms with Crippen molar-refractivity contribution in [2.45, 2.75) is 12.5 Å². The maximum absolute atomic E-state index is 11.3. The molecule has 1 aliphatic heterocycles. The minimum absolute atomic E-state index is 0.244. The third-order valence-corrected chi connectivity index (χ3v) is 3.16. The first-order valence-electron chi connectivity index (χ1n) is 4.08. The number of hydrogen-bond acceptors (Lipinski definition) is 4. The van der Waals surface area contributed by atoms with Crippen LogP contribution in [0.2, 0.25) is 0 Å². The first kappa shape index (κ1) is 10.9. The predicted molar refractivity (Wildman–Crippen MR) is 48.6 cm³/mol. The van der Waals surface area contributed by atoms with Gasteiger partial charge in [-0.1, -0.05) is 0 Å². The molecule has 0 bridgehead atoms. The lowest BCUT2D eigenvalue weighted by Crippen LogP contribution is -2.41. The van der Waals surface area contributed by atoms with Gasteiger partial charge in [-0.15, -0.1) is 0 Å². The van der Waals surface area contributed by atoms with Gasteiger partial charge in [-0.2, -0.15) is 5.26 Å². The lowest BCUT2D eigenvalue weighted by atomic mass is 10.3. The van der Waals surface area contributed by atoms with Crippen molar-refractivity contribution in [2.75, 3.05) is 19.3 Å². The Bertz CT molecular complexity index is 370. The molecular formula is C7H11N3O3S. The number of hydrogen-bond donors (Lipinski definition) is 1. The maximum atomic E-state index is 11.3. The van der Waals surface area contributed by atoms with Crippen LogP contribution in [-0.2, 0) is 14.8 Å². The van der Waals surface area contributed by atoms with Gasteiger partial charge in [0.25, 0.3) is 0 Å². The van der Waals surface area contributed by atoms with Crippen LogP contribution in [0.25, 0.3) is 0 Å². The molecule has 0 aromatic heterocycles. The highest BCUT2D eigenvalue weighted by molar-refractivity contribution is 7.89. The number of nitrogens with one attached hydrogen (secondary N) is 1. The quantitative estimate of drug-likeness (QED) is 0.633. The Kier molecular flexibility index (Phi) is 3.08. The van der Waals surface area contributed by atoms with E-state index in [0.29, 0.717) is 13.0 Å². The van der Waals surface area contributed by atoms with Crippen LogP contribution >= 0.6 is 0 Å². The van der Waals surface area contributed by atoms with E-state index in [1.54, 1.807) is 7.05 Å². The van der Waals surface area contributed by atoms with Gasteiger partial charge < -0.3 is 4.90 Å². The van der Waals surface area contributed by atoms with E-state index in [9.17, 15) is 13.2 Å². The largest absolute Gasteiger partial charge is 0.344 e. The van der Waals surface area contributed by atoms with Crippen molar-refractivity contribution in [2.24, 2.45) is 0 Å². The summed E-state index contributed by atoms with van der Waals surface area (Å²) in [5.41, 5.74) is 0. The highest BCUT2D eigenvalue weighted by Gasteiger charge is 2.31. The molecule has 7 heteroatoms. The monoisotopic (exact) mass is 217 g/mol. The second kappa shape index (κ2) is 3.94. The topological polar surface area (TPSA) is 90.3 Å². The molecule has 0 aromatic carbocycles. The third kappa shape index (κ3) is 2.43. The van der Waals surface area contributed by atoms with Gasteiger partial charge in [0.2, 0.25) is 15.9 Å². The highest BCUT2D eigenvalue weighted by atomic mass is 32.2. The second-order valence-corrected chi connectivity index (χ2v) is 4.89. The molecule has 14 heavy (non-hydrogen) atoms. The molecule has 0 saturated carbocycles. The van der Waals surface area contributed by atoms with Gasteiger partial charge >= 0.3 is 0 Å². The number of amides is 1. The number of likely N-dealkylation sites (tertiary alicyclic amines) is 1. The Labute approximate surface area is 82.5 Å². The van der Waals surface area contributed by atoms with Crippen molar-refractivity contribution in [3.63, 3.8) is 0 Å². The zero-order valence-electron chi connectivity index (χ0n) is 7.73. The summed E-state index contributed by atoms with van der Waals surface area (Å²) < 4.78 is 24.5. The summed E-state index contributed by atoms with van der Waals surface area (Å²) in [5, 5.41) is 8.23. The summed E-state index contributed by atoms with van der Waals surface area (Å²) >= 11 is 0. The molecular weight excluding hydrogens is 206 g/mol. The Morgan fingerprint density at radius 2 is 2.36 bits per heavy atom. The van der Waals surface area contributed by atoms with Crippen molar-refractivity contribution in [3.05, 3.63) is 0 Å². The summed E-state index contributed by atoms with van der Waals surface area (Å²) in [6.45, 7) is 0.540. The number of nitrogens with zero attached hydrogens (tertiary/aromatic N) is 2. The summed E-state index contributed by atoms with van der Waals surface area (Å²) in [7, 11) is -2.02. The van der Waals surface area contributed by atoms with Crippen molar-refractivity contribution < 1.29 is 13.2 Å². The molecule has 1 N–H and O–H groups in total. The van der Waals surface area contributed by atoms with E-state index in [-0.39, 0.29) is 5.91 Å². The lowest BCUT2D eigenvalue weighted by molar-refractivity contribution is -0.127. The van der Waals surface area contributed by atoms with E-state index in [2.05, 4.69) is 4.72 Å². The van der Waals surface area contributed by atoms with Crippen LogP contribution in [0.4, 0.5) is 0 Å². The number of carbonyl (C=O) groups is 1. The highest BCUT2D eigenvalue weighted by Crippen LogP contribution is 2.09. The molecule has 1 atom stereocenters. The molecule has 78 valence electrons. The van der Waals surface area contributed by atoms with E-state index < -0.39 is 21.8 Å². The number of nitriles is 1. The number of rotatable bonds is 3. The SMILES string of the molecule is CN1CCC(NS(=O)(=O)CC#N)C1=O. The summed E-state index contributed by atoms with van der Waals surface area (Å²) in [6, 6.07) is 0.837. The van der Waals surface area contributed by atoms with E-state index in [1.165, 1.54) is 11.0 Å². The molecule has 1 rings (SSSR count). The number of sulfonamides is 1. The summed E-state index contributed by atoms with van der Waals surface area (Å²) in [5.74, 6) is -0.855. The maximum Gasteiger partial charge on any atom is 0.240 e. The van der Waals surface area contributed by atoms with Gasteiger partial charge in [-0.3, -0.25) is 4.79 Å². The molecule has 0 radical (unpaired) electrons. The average molecular weight is 217 g/mol. The molecule has 1 aliphatic rings. The van der Waals surface area contributed by atoms with Crippen LogP contribution in [0.1, 0.15) is 6.42 Å². The van der Waals surface area contributed by atoms with Crippen molar-refractivity contribution in [1.29, 1.82) is 5.26 Å². The van der Waals surface area contributed by atoms with E-state index >= 15 is 0 Å². The lowest BCUT2D eigenvalue weighted by Gasteiger charge is -2.10. The second-order valence-electron chi connectivity index (χ2n) is 3.14. The van der Waals surface area contributed by atoms with E-state index in [1.807, 2.05) is 0 Å². The summed E-state index contributed by atoms with van der Waals surface area (Å²) in [4.78, 5) is 12.8. The first-order valence-corrected chi connectivity index (χ1v) is 5.73. The van der Waals surface area contributed by atoms with Crippen LogP contribution < -0.4 is 4.72 Å². The smallest absolute Gasteiger partial charge is 0.240 e. The van der Waals surface area contributed by atoms with Gasteiger partial charge in [0, 0.05) is 13.6 Å². The van der Waals surface area contributed by atoms with Gasteiger partial charge in [-0.05, 0) is 6.42 Å². The molecule has 1 fully saturated rings. The fraction of sp³-hybridized carbons (Fsp3) is 0.714. The van der Waals surface area contributed by atoms with Gasteiger partial charge in [-0.25, -0.2) is 13.1 Å². The van der Waals surface area contributed by atoms with Crippen LogP contribution in [0.5, 0.6) is 0 Å². The fourth-order valence-corrected chi connectivity index (χ4v) is 2.18. The number of likely N-dealkylation sites (N-methyl/N-ethyl adjacent to an activating group) is 1. The molecule has 1 unspecified atom stereocenters. The minimum Gasteiger partial charge on any atom is -0.344 e. The first-order chi connectivity index (χ1) is 6.46. The van der Waals surface area contributed by atoms with Crippen LogP contribution in [0, 0.1) is 11.3 Å². The van der Waals surface area contributed by atoms with E-state index in [0.717, 1.165) is 0 Å². The van der Waals surface area contributed by atoms with Crippen molar-refractivity contribution in [1.82, 2.24) is 9.62 Å². The minimum atomic E-state index is -3.63. The van der Waals surface area contributed by atoms with Crippen LogP contribution in [0.15, 0.2) is 0 Å². The predicted octanol–water partition coefficient (Wildman–Crippen LogP) is -1.34. The molecule has 1 saturated heterocycles. The van der Waals surface area contributed by atoms with Gasteiger partial charge in [0.05, 0.1) is 6.07 Å². The van der Waals surface area contributed by atoms with Crippen LogP contribution in [-0.4, -0.2) is 44.6 Å². The molecule has 0 aromatic rings. The van der Waals surface area contributed by atoms with Gasteiger partial charge in [0.1, 0.15) is 6.04 Å². The fourth-order valence-electron chi connectivity index (χ4n) is 1.28. The van der Waals surface area contributed by atoms with Crippen molar-refractivity contribution in [3.8, 4) is 6.07 Å². The molecule has 0 spiro atoms. The zero-order chi connectivity index (χ0) is 10.8. The standard InChI is InChI=1S/C7H11N3O3S/c1-10-4-2-6(7(10)11)9-14(12,13)5-3-8/h6,9H,2,4-5H2,1H3. The van der Waals surface area contributed by atoms with E-state index in [4.69, 9.17) is 5.26 Å². The van der Waals surface area contributed by atoms with Crippen molar-refractivity contribution >= 4 is 15.9 Å². The van der Waals surface area contributed by atoms with Gasteiger partial charge in [0.15, 0.2) is 5.75 Å².